The molecule has 1 aromatic carbocycles. The third-order valence-corrected chi connectivity index (χ3v) is 3.60. The van der Waals surface area contributed by atoms with Gasteiger partial charge in [-0.3, -0.25) is 0 Å². The van der Waals surface area contributed by atoms with Crippen LogP contribution < -0.4 is 0 Å². The van der Waals surface area contributed by atoms with Crippen LogP contribution in [-0.2, 0) is 4.18 Å². The van der Waals surface area contributed by atoms with Crippen molar-refractivity contribution in [3.8, 4) is 0 Å². The highest BCUT2D eigenvalue weighted by atomic mass is 35.5. The topological polar surface area (TPSA) is 38.7 Å². The van der Waals surface area contributed by atoms with Crippen LogP contribution in [0, 0.1) is 4.91 Å². The van der Waals surface area contributed by atoms with Crippen LogP contribution in [0.2, 0.25) is 0 Å². The van der Waals surface area contributed by atoms with Crippen molar-refractivity contribution in [1.29, 1.82) is 0 Å². The molecule has 0 saturated heterocycles. The van der Waals surface area contributed by atoms with E-state index in [1.165, 1.54) is 12.0 Å². The third kappa shape index (κ3) is 3.70. The fourth-order valence-electron chi connectivity index (χ4n) is 1.55. The molecule has 0 unspecified atom stereocenters. The van der Waals surface area contributed by atoms with Crippen molar-refractivity contribution in [3.05, 3.63) is 51.9 Å². The van der Waals surface area contributed by atoms with Crippen molar-refractivity contribution in [3.63, 3.8) is 0 Å². The number of allylic oxidation sites excluding steroid dienone is 2. The molecule has 0 fully saturated rings. The van der Waals surface area contributed by atoms with Gasteiger partial charge in [0.05, 0.1) is 6.61 Å². The molecular formula is C13H12ClNO2S. The van der Waals surface area contributed by atoms with Gasteiger partial charge in [-0.25, -0.2) is 0 Å². The Morgan fingerprint density at radius 3 is 2.61 bits per heavy atom. The summed E-state index contributed by atoms with van der Waals surface area (Å²) in [6, 6.07) is 6.92. The summed E-state index contributed by atoms with van der Waals surface area (Å²) in [5, 5.41) is 3.62. The summed E-state index contributed by atoms with van der Waals surface area (Å²) in [5.74, 6) is 0. The second kappa shape index (κ2) is 6.73. The first-order valence-corrected chi connectivity index (χ1v) is 6.69. The van der Waals surface area contributed by atoms with Gasteiger partial charge in [-0.05, 0) is 47.9 Å². The molecule has 0 aliphatic heterocycles. The van der Waals surface area contributed by atoms with Gasteiger partial charge in [0.15, 0.2) is 0 Å². The molecule has 1 aliphatic rings. The van der Waals surface area contributed by atoms with Crippen molar-refractivity contribution < 1.29 is 4.18 Å². The minimum absolute atomic E-state index is 0.417. The molecule has 18 heavy (non-hydrogen) atoms. The van der Waals surface area contributed by atoms with E-state index in [9.17, 15) is 4.91 Å². The average Bonchev–Trinajstić information content (AvgIpc) is 2.42. The first-order chi connectivity index (χ1) is 8.79. The normalized spacial score (nSPS) is 14.9. The molecule has 0 aromatic heterocycles. The lowest BCUT2D eigenvalue weighted by atomic mass is 10.1. The van der Waals surface area contributed by atoms with E-state index in [1.54, 1.807) is 24.3 Å². The molecule has 0 heterocycles. The highest BCUT2D eigenvalue weighted by Crippen LogP contribution is 2.26. The average molecular weight is 282 g/mol. The van der Waals surface area contributed by atoms with Crippen molar-refractivity contribution in [2.75, 3.05) is 6.61 Å². The molecule has 0 amide bonds. The van der Waals surface area contributed by atoms with Crippen LogP contribution in [0.1, 0.15) is 12.8 Å². The van der Waals surface area contributed by atoms with Crippen molar-refractivity contribution in [1.82, 2.24) is 0 Å². The first kappa shape index (κ1) is 13.3. The Morgan fingerprint density at radius 1 is 1.22 bits per heavy atom. The lowest BCUT2D eigenvalue weighted by Crippen LogP contribution is -1.97. The van der Waals surface area contributed by atoms with E-state index >= 15 is 0 Å². The van der Waals surface area contributed by atoms with Crippen LogP contribution in [0.3, 0.4) is 0 Å². The van der Waals surface area contributed by atoms with Gasteiger partial charge in [-0.1, -0.05) is 23.8 Å². The summed E-state index contributed by atoms with van der Waals surface area (Å²) in [6.45, 7) is 0.480. The van der Waals surface area contributed by atoms with Gasteiger partial charge < -0.3 is 4.18 Å². The van der Waals surface area contributed by atoms with Crippen LogP contribution in [0.5, 0.6) is 0 Å². The van der Waals surface area contributed by atoms with Crippen LogP contribution >= 0.6 is 23.6 Å². The predicted octanol–water partition coefficient (Wildman–Crippen LogP) is 4.95. The Hall–Kier alpha value is -1.10. The second-order valence-corrected chi connectivity index (χ2v) is 5.07. The number of hydrogen-bond donors (Lipinski definition) is 0. The van der Waals surface area contributed by atoms with Crippen molar-refractivity contribution >= 4 is 29.3 Å². The van der Waals surface area contributed by atoms with Crippen LogP contribution in [0.25, 0.3) is 0 Å². The van der Waals surface area contributed by atoms with Gasteiger partial charge in [-0.15, -0.1) is 4.91 Å². The maximum absolute atomic E-state index is 10.3. The van der Waals surface area contributed by atoms with Gasteiger partial charge in [-0.2, -0.15) is 0 Å². The quantitative estimate of drug-likeness (QED) is 0.566. The predicted molar refractivity (Wildman–Crippen MR) is 75.0 cm³/mol. The Balaban J connectivity index is 1.83. The fraction of sp³-hybridized carbons (Fsp3) is 0.231. The number of nitrogens with zero attached hydrogens (tertiary/aromatic N) is 1. The maximum Gasteiger partial charge on any atom is 0.108 e. The molecule has 5 heteroatoms. The number of benzene rings is 1. The van der Waals surface area contributed by atoms with Crippen LogP contribution in [-0.4, -0.2) is 6.61 Å². The van der Waals surface area contributed by atoms with E-state index in [0.29, 0.717) is 12.3 Å². The Bertz CT molecular complexity index is 482. The van der Waals surface area contributed by atoms with Gasteiger partial charge in [0, 0.05) is 22.0 Å². The Morgan fingerprint density at radius 2 is 1.94 bits per heavy atom. The maximum atomic E-state index is 10.3. The summed E-state index contributed by atoms with van der Waals surface area (Å²) in [6.07, 6.45) is 6.12. The minimum Gasteiger partial charge on any atom is -0.305 e. The van der Waals surface area contributed by atoms with Crippen molar-refractivity contribution in [2.45, 2.75) is 17.7 Å². The molecule has 0 spiro atoms. The molecule has 0 N–H and O–H groups in total. The first-order valence-electron chi connectivity index (χ1n) is 5.57. The van der Waals surface area contributed by atoms with Gasteiger partial charge >= 0.3 is 0 Å². The molecule has 1 aliphatic carbocycles. The van der Waals surface area contributed by atoms with Crippen molar-refractivity contribution in [2.24, 2.45) is 5.18 Å². The van der Waals surface area contributed by atoms with E-state index in [4.69, 9.17) is 15.8 Å². The standard InChI is InChI=1S/C13H12ClNO2S/c14-13-4-2-1-3-10(13)9-17-18-12-7-5-11(15-16)6-8-12/h3-8H,1-2,9H2. The van der Waals surface area contributed by atoms with Crippen LogP contribution in [0.15, 0.2) is 57.1 Å². The summed E-state index contributed by atoms with van der Waals surface area (Å²) >= 11 is 7.33. The summed E-state index contributed by atoms with van der Waals surface area (Å²) < 4.78 is 5.52. The molecule has 0 bridgehead atoms. The van der Waals surface area contributed by atoms with Gasteiger partial charge in [0.2, 0.25) is 0 Å². The summed E-state index contributed by atoms with van der Waals surface area (Å²) in [5.41, 5.74) is 1.45. The molecule has 0 saturated carbocycles. The zero-order valence-electron chi connectivity index (χ0n) is 9.64. The van der Waals surface area contributed by atoms with E-state index in [-0.39, 0.29) is 0 Å². The highest BCUT2D eigenvalue weighted by Gasteiger charge is 2.07. The van der Waals surface area contributed by atoms with E-state index in [2.05, 4.69) is 11.3 Å². The molecule has 3 nitrogen and oxygen atoms in total. The summed E-state index contributed by atoms with van der Waals surface area (Å²) in [4.78, 5) is 11.2. The van der Waals surface area contributed by atoms with E-state index in [1.807, 2.05) is 6.08 Å². The van der Waals surface area contributed by atoms with Gasteiger partial charge in [0.1, 0.15) is 5.69 Å². The largest absolute Gasteiger partial charge is 0.305 e. The lowest BCUT2D eigenvalue weighted by Gasteiger charge is -2.10. The summed E-state index contributed by atoms with van der Waals surface area (Å²) in [7, 11) is 0. The molecule has 2 rings (SSSR count). The fourth-order valence-corrected chi connectivity index (χ4v) is 2.36. The zero-order valence-corrected chi connectivity index (χ0v) is 11.2. The number of hydrogen-bond acceptors (Lipinski definition) is 4. The Kier molecular flexibility index (Phi) is 4.99. The molecule has 1 aromatic rings. The number of nitroso groups, excluding NO2 is 1. The number of halogens is 1. The monoisotopic (exact) mass is 281 g/mol. The smallest absolute Gasteiger partial charge is 0.108 e. The lowest BCUT2D eigenvalue weighted by molar-refractivity contribution is 0.418. The van der Waals surface area contributed by atoms with E-state index in [0.717, 1.165) is 28.3 Å². The molecular weight excluding hydrogens is 270 g/mol. The van der Waals surface area contributed by atoms with Gasteiger partial charge in [0.25, 0.3) is 0 Å². The second-order valence-electron chi connectivity index (χ2n) is 3.79. The highest BCUT2D eigenvalue weighted by molar-refractivity contribution is 7.94. The zero-order chi connectivity index (χ0) is 12.8. The minimum atomic E-state index is 0.417. The molecule has 0 atom stereocenters. The SMILES string of the molecule is O=Nc1ccc(SOCC2=CCCC=C2Cl)cc1. The number of rotatable bonds is 5. The van der Waals surface area contributed by atoms with Crippen LogP contribution in [0.4, 0.5) is 5.69 Å². The Labute approximate surface area is 115 Å². The molecule has 94 valence electrons. The third-order valence-electron chi connectivity index (χ3n) is 2.50. The van der Waals surface area contributed by atoms with E-state index < -0.39 is 0 Å². The molecule has 0 radical (unpaired) electrons.